The predicted octanol–water partition coefficient (Wildman–Crippen LogP) is 4.50. The number of aromatic nitrogens is 1. The van der Waals surface area contributed by atoms with Crippen LogP contribution in [0.3, 0.4) is 0 Å². The zero-order valence-electron chi connectivity index (χ0n) is 19.3. The van der Waals surface area contributed by atoms with E-state index in [-0.39, 0.29) is 5.31 Å². The lowest BCUT2D eigenvalue weighted by atomic mass is 9.67. The van der Waals surface area contributed by atoms with E-state index in [9.17, 15) is 0 Å². The molecule has 1 saturated heterocycles. The van der Waals surface area contributed by atoms with Gasteiger partial charge in [0.05, 0.1) is 33.4 Å². The van der Waals surface area contributed by atoms with Crippen molar-refractivity contribution in [3.8, 4) is 22.9 Å². The first kappa shape index (κ1) is 22.1. The maximum absolute atomic E-state index is 6.26. The zero-order valence-corrected chi connectivity index (χ0v) is 19.3. The minimum Gasteiger partial charge on any atom is -0.497 e. The summed E-state index contributed by atoms with van der Waals surface area (Å²) in [7, 11) is 9.61. The van der Waals surface area contributed by atoms with E-state index in [1.54, 1.807) is 14.2 Å². The van der Waals surface area contributed by atoms with Crippen LogP contribution in [0.15, 0.2) is 60.7 Å². The van der Waals surface area contributed by atoms with E-state index >= 15 is 0 Å². The fourth-order valence-corrected chi connectivity index (χ4v) is 4.07. The molecule has 4 rings (SSSR count). The monoisotopic (exact) mass is 427 g/mol. The maximum Gasteiger partial charge on any atom is 0.213 e. The summed E-state index contributed by atoms with van der Waals surface area (Å²) in [5.74, 6) is 1.49. The van der Waals surface area contributed by atoms with Crippen molar-refractivity contribution in [2.24, 2.45) is 0 Å². The standard InChI is InChI=1S/C26H30BN3O2/c1-26(2,27)20-7-5-19(6-8-20)25-23(13-14-24(28-25)32-4)30-17-15-29(16-18-30)21-9-11-22(31-3)12-10-21/h5-14H,15-18H2,1-4H3. The lowest BCUT2D eigenvalue weighted by molar-refractivity contribution is 0.398. The van der Waals surface area contributed by atoms with Gasteiger partial charge in [0, 0.05) is 43.5 Å². The molecular weight excluding hydrogens is 397 g/mol. The summed E-state index contributed by atoms with van der Waals surface area (Å²) in [6, 6.07) is 20.7. The van der Waals surface area contributed by atoms with Crippen LogP contribution >= 0.6 is 0 Å². The van der Waals surface area contributed by atoms with Gasteiger partial charge in [0.1, 0.15) is 5.75 Å². The average Bonchev–Trinajstić information content (AvgIpc) is 2.83. The lowest BCUT2D eigenvalue weighted by Crippen LogP contribution is -2.46. The van der Waals surface area contributed by atoms with Crippen molar-refractivity contribution in [2.75, 3.05) is 50.2 Å². The van der Waals surface area contributed by atoms with Crippen molar-refractivity contribution in [1.29, 1.82) is 0 Å². The number of hydrogen-bond acceptors (Lipinski definition) is 5. The summed E-state index contributed by atoms with van der Waals surface area (Å²) in [6.07, 6.45) is 0. The number of ether oxygens (including phenoxy) is 2. The Morgan fingerprint density at radius 1 is 0.781 bits per heavy atom. The number of methoxy groups -OCH3 is 2. The van der Waals surface area contributed by atoms with Crippen LogP contribution < -0.4 is 19.3 Å². The van der Waals surface area contributed by atoms with Crippen molar-refractivity contribution in [1.82, 2.24) is 4.98 Å². The zero-order chi connectivity index (χ0) is 22.7. The largest absolute Gasteiger partial charge is 0.497 e. The van der Waals surface area contributed by atoms with Gasteiger partial charge in [-0.3, -0.25) is 0 Å². The van der Waals surface area contributed by atoms with Gasteiger partial charge in [0.2, 0.25) is 5.88 Å². The predicted molar refractivity (Wildman–Crippen MR) is 132 cm³/mol. The number of hydrogen-bond donors (Lipinski definition) is 0. The molecule has 1 aliphatic heterocycles. The van der Waals surface area contributed by atoms with Gasteiger partial charge < -0.3 is 19.3 Å². The molecule has 0 amide bonds. The highest BCUT2D eigenvalue weighted by Gasteiger charge is 2.22. The molecule has 32 heavy (non-hydrogen) atoms. The first-order valence-electron chi connectivity index (χ1n) is 11.0. The Balaban J connectivity index is 1.56. The van der Waals surface area contributed by atoms with Crippen molar-refractivity contribution in [3.05, 3.63) is 66.2 Å². The van der Waals surface area contributed by atoms with Crippen LogP contribution in [-0.4, -0.2) is 53.2 Å². The van der Waals surface area contributed by atoms with Crippen molar-refractivity contribution in [3.63, 3.8) is 0 Å². The molecule has 2 aromatic carbocycles. The third-order valence-electron chi connectivity index (χ3n) is 6.02. The second kappa shape index (κ2) is 9.15. The Bertz CT molecular complexity index is 1040. The van der Waals surface area contributed by atoms with Gasteiger partial charge in [-0.25, -0.2) is 4.98 Å². The second-order valence-corrected chi connectivity index (χ2v) is 8.69. The number of pyridine rings is 1. The van der Waals surface area contributed by atoms with Gasteiger partial charge in [-0.05, 0) is 35.6 Å². The molecule has 0 bridgehead atoms. The molecule has 1 fully saturated rings. The molecule has 0 atom stereocenters. The Labute approximate surface area is 192 Å². The maximum atomic E-state index is 6.26. The molecule has 2 heterocycles. The first-order valence-corrected chi connectivity index (χ1v) is 11.0. The molecule has 6 heteroatoms. The highest BCUT2D eigenvalue weighted by Crippen LogP contribution is 2.33. The Morgan fingerprint density at radius 2 is 1.41 bits per heavy atom. The molecule has 5 nitrogen and oxygen atoms in total. The highest BCUT2D eigenvalue weighted by atomic mass is 16.5. The van der Waals surface area contributed by atoms with Crippen LogP contribution in [0.5, 0.6) is 11.6 Å². The van der Waals surface area contributed by atoms with Crippen LogP contribution in [0.25, 0.3) is 11.3 Å². The summed E-state index contributed by atoms with van der Waals surface area (Å²) < 4.78 is 10.7. The second-order valence-electron chi connectivity index (χ2n) is 8.69. The third kappa shape index (κ3) is 4.69. The molecule has 0 unspecified atom stereocenters. The van der Waals surface area contributed by atoms with Crippen LogP contribution in [-0.2, 0) is 5.31 Å². The minimum atomic E-state index is -0.374. The van der Waals surface area contributed by atoms with Gasteiger partial charge in [0.25, 0.3) is 0 Å². The fourth-order valence-electron chi connectivity index (χ4n) is 4.07. The van der Waals surface area contributed by atoms with Crippen LogP contribution in [0.4, 0.5) is 11.4 Å². The van der Waals surface area contributed by atoms with Gasteiger partial charge in [-0.15, -0.1) is 0 Å². The number of rotatable bonds is 6. The molecule has 0 spiro atoms. The van der Waals surface area contributed by atoms with Crippen molar-refractivity contribution in [2.45, 2.75) is 19.2 Å². The van der Waals surface area contributed by atoms with E-state index in [1.165, 1.54) is 5.69 Å². The van der Waals surface area contributed by atoms with Gasteiger partial charge in [-0.1, -0.05) is 43.7 Å². The van der Waals surface area contributed by atoms with E-state index < -0.39 is 0 Å². The van der Waals surface area contributed by atoms with Crippen molar-refractivity contribution < 1.29 is 9.47 Å². The Morgan fingerprint density at radius 3 is 1.97 bits per heavy atom. The molecule has 2 radical (unpaired) electrons. The van der Waals surface area contributed by atoms with Crippen molar-refractivity contribution >= 4 is 19.2 Å². The fraction of sp³-hybridized carbons (Fsp3) is 0.346. The van der Waals surface area contributed by atoms with E-state index in [2.05, 4.69) is 52.3 Å². The third-order valence-corrected chi connectivity index (χ3v) is 6.02. The smallest absolute Gasteiger partial charge is 0.213 e. The molecule has 0 N–H and O–H groups in total. The van der Waals surface area contributed by atoms with E-state index in [0.29, 0.717) is 5.88 Å². The summed E-state index contributed by atoms with van der Waals surface area (Å²) in [5, 5.41) is -0.374. The van der Waals surface area contributed by atoms with E-state index in [0.717, 1.165) is 54.4 Å². The summed E-state index contributed by atoms with van der Waals surface area (Å²) >= 11 is 0. The highest BCUT2D eigenvalue weighted by molar-refractivity contribution is 6.15. The van der Waals surface area contributed by atoms with Gasteiger partial charge in [-0.2, -0.15) is 0 Å². The summed E-state index contributed by atoms with van der Waals surface area (Å²) in [4.78, 5) is 9.61. The Kier molecular flexibility index (Phi) is 6.31. The number of benzene rings is 2. The van der Waals surface area contributed by atoms with Crippen LogP contribution in [0.1, 0.15) is 19.4 Å². The number of piperazine rings is 1. The topological polar surface area (TPSA) is 37.8 Å². The molecule has 0 saturated carbocycles. The summed E-state index contributed by atoms with van der Waals surface area (Å²) in [6.45, 7) is 7.75. The number of anilines is 2. The molecule has 1 aromatic heterocycles. The normalized spacial score (nSPS) is 14.4. The van der Waals surface area contributed by atoms with Crippen LogP contribution in [0, 0.1) is 0 Å². The minimum absolute atomic E-state index is 0.374. The quantitative estimate of drug-likeness (QED) is 0.542. The van der Waals surface area contributed by atoms with Gasteiger partial charge >= 0.3 is 0 Å². The lowest BCUT2D eigenvalue weighted by Gasteiger charge is -2.38. The molecule has 164 valence electrons. The first-order chi connectivity index (χ1) is 15.4. The molecular formula is C26H30BN3O2. The SMILES string of the molecule is [B]C(C)(C)c1ccc(-c2nc(OC)ccc2N2CCN(c3ccc(OC)cc3)CC2)cc1. The average molecular weight is 427 g/mol. The Hall–Kier alpha value is -3.15. The van der Waals surface area contributed by atoms with E-state index in [4.69, 9.17) is 22.3 Å². The summed E-state index contributed by atoms with van der Waals surface area (Å²) in [5.41, 5.74) is 5.44. The van der Waals surface area contributed by atoms with Crippen LogP contribution in [0.2, 0.25) is 0 Å². The number of nitrogens with zero attached hydrogens (tertiary/aromatic N) is 3. The molecule has 1 aliphatic rings. The van der Waals surface area contributed by atoms with Gasteiger partial charge in [0.15, 0.2) is 0 Å². The molecule has 0 aliphatic carbocycles. The van der Waals surface area contributed by atoms with E-state index in [1.807, 2.05) is 32.0 Å². The molecule has 3 aromatic rings.